The van der Waals surface area contributed by atoms with Gasteiger partial charge in [0, 0.05) is 12.0 Å². The van der Waals surface area contributed by atoms with Gasteiger partial charge in [0.1, 0.15) is 12.1 Å². The highest BCUT2D eigenvalue weighted by atomic mass is 16.1. The molecule has 90 valence electrons. The van der Waals surface area contributed by atoms with Crippen molar-refractivity contribution in [1.29, 1.82) is 0 Å². The lowest BCUT2D eigenvalue weighted by molar-refractivity contribution is -0.116. The fourth-order valence-electron chi connectivity index (χ4n) is 1.89. The van der Waals surface area contributed by atoms with Crippen LogP contribution in [0.4, 0.5) is 0 Å². The highest BCUT2D eigenvalue weighted by Crippen LogP contribution is 2.20. The quantitative estimate of drug-likeness (QED) is 0.766. The number of ketones is 1. The van der Waals surface area contributed by atoms with Crippen LogP contribution in [0.5, 0.6) is 0 Å². The van der Waals surface area contributed by atoms with Crippen LogP contribution in [0.25, 0.3) is 11.1 Å². The van der Waals surface area contributed by atoms with Crippen molar-refractivity contribution in [2.45, 2.75) is 13.3 Å². The number of hydrogen-bond donors (Lipinski definition) is 0. The maximum absolute atomic E-state index is 11.0. The lowest BCUT2D eigenvalue weighted by atomic mass is 10.0. The Balaban J connectivity index is 2.28. The zero-order chi connectivity index (χ0) is 13.0. The van der Waals surface area contributed by atoms with Crippen molar-refractivity contribution in [3.63, 3.8) is 0 Å². The average molecular weight is 238 g/mol. The lowest BCUT2D eigenvalue weighted by Crippen LogP contribution is -1.95. The first-order valence-electron chi connectivity index (χ1n) is 5.83. The van der Waals surface area contributed by atoms with Crippen molar-refractivity contribution in [3.8, 4) is 11.1 Å². The van der Waals surface area contributed by atoms with Crippen LogP contribution in [0, 0.1) is 0 Å². The van der Waals surface area contributed by atoms with E-state index in [1.165, 1.54) is 0 Å². The molecular formula is C16H14O2. The molecule has 2 aromatic carbocycles. The van der Waals surface area contributed by atoms with Gasteiger partial charge in [-0.25, -0.2) is 0 Å². The van der Waals surface area contributed by atoms with Gasteiger partial charge < -0.3 is 0 Å². The van der Waals surface area contributed by atoms with Crippen molar-refractivity contribution >= 4 is 12.1 Å². The first-order valence-corrected chi connectivity index (χ1v) is 5.83. The standard InChI is InChI=1S/C16H14O2/c1-12(18)9-13-5-7-15(8-6-13)16-4-2-3-14(10-16)11-17/h2-8,10-11H,9H2,1H3. The number of benzene rings is 2. The van der Waals surface area contributed by atoms with E-state index in [2.05, 4.69) is 0 Å². The van der Waals surface area contributed by atoms with Crippen molar-refractivity contribution in [3.05, 3.63) is 59.7 Å². The summed E-state index contributed by atoms with van der Waals surface area (Å²) < 4.78 is 0. The monoisotopic (exact) mass is 238 g/mol. The van der Waals surface area contributed by atoms with Crippen LogP contribution in [0.1, 0.15) is 22.8 Å². The fraction of sp³-hybridized carbons (Fsp3) is 0.125. The van der Waals surface area contributed by atoms with Crippen LogP contribution >= 0.6 is 0 Å². The second-order valence-corrected chi connectivity index (χ2v) is 4.32. The zero-order valence-corrected chi connectivity index (χ0v) is 10.2. The molecule has 2 aromatic rings. The van der Waals surface area contributed by atoms with Gasteiger partial charge in [-0.2, -0.15) is 0 Å². The Morgan fingerprint density at radius 2 is 1.78 bits per heavy atom. The molecule has 0 radical (unpaired) electrons. The lowest BCUT2D eigenvalue weighted by Gasteiger charge is -2.04. The maximum atomic E-state index is 11.0. The number of rotatable bonds is 4. The summed E-state index contributed by atoms with van der Waals surface area (Å²) in [6, 6.07) is 15.3. The molecule has 0 saturated heterocycles. The first kappa shape index (κ1) is 12.2. The highest BCUT2D eigenvalue weighted by molar-refractivity contribution is 5.80. The van der Waals surface area contributed by atoms with E-state index in [-0.39, 0.29) is 5.78 Å². The van der Waals surface area contributed by atoms with E-state index in [0.29, 0.717) is 12.0 Å². The molecule has 0 aliphatic rings. The Morgan fingerprint density at radius 3 is 2.39 bits per heavy atom. The number of Topliss-reactive ketones (excluding diaryl/α,β-unsaturated/α-hetero) is 1. The van der Waals surface area contributed by atoms with Gasteiger partial charge in [-0.05, 0) is 29.7 Å². The first-order chi connectivity index (χ1) is 8.69. The molecule has 0 fully saturated rings. The third kappa shape index (κ3) is 2.92. The predicted molar refractivity (Wildman–Crippen MR) is 71.7 cm³/mol. The van der Waals surface area contributed by atoms with E-state index in [0.717, 1.165) is 23.0 Å². The molecule has 2 rings (SSSR count). The predicted octanol–water partition coefficient (Wildman–Crippen LogP) is 3.30. The number of hydrogen-bond acceptors (Lipinski definition) is 2. The van der Waals surface area contributed by atoms with Gasteiger partial charge in [0.15, 0.2) is 0 Å². The Kier molecular flexibility index (Phi) is 3.68. The maximum Gasteiger partial charge on any atom is 0.150 e. The summed E-state index contributed by atoms with van der Waals surface area (Å²) in [5.41, 5.74) is 3.73. The molecule has 0 saturated carbocycles. The molecule has 0 aliphatic carbocycles. The second-order valence-electron chi connectivity index (χ2n) is 4.32. The van der Waals surface area contributed by atoms with Crippen LogP contribution in [-0.2, 0) is 11.2 Å². The molecule has 2 heteroatoms. The Labute approximate surface area is 106 Å². The summed E-state index contributed by atoms with van der Waals surface area (Å²) in [6.45, 7) is 1.58. The molecule has 0 bridgehead atoms. The smallest absolute Gasteiger partial charge is 0.150 e. The summed E-state index contributed by atoms with van der Waals surface area (Å²) in [6.07, 6.45) is 1.31. The molecule has 0 atom stereocenters. The molecule has 18 heavy (non-hydrogen) atoms. The molecule has 0 aliphatic heterocycles. The van der Waals surface area contributed by atoms with Gasteiger partial charge in [0.25, 0.3) is 0 Å². The molecule has 2 nitrogen and oxygen atoms in total. The van der Waals surface area contributed by atoms with E-state index >= 15 is 0 Å². The van der Waals surface area contributed by atoms with Gasteiger partial charge in [0.05, 0.1) is 0 Å². The number of carbonyl (C=O) groups excluding carboxylic acids is 2. The Hall–Kier alpha value is -2.22. The summed E-state index contributed by atoms with van der Waals surface area (Å²) in [7, 11) is 0. The van der Waals surface area contributed by atoms with Gasteiger partial charge in [-0.1, -0.05) is 42.5 Å². The van der Waals surface area contributed by atoms with Crippen LogP contribution in [0.2, 0.25) is 0 Å². The molecule has 0 amide bonds. The van der Waals surface area contributed by atoms with E-state index in [1.54, 1.807) is 13.0 Å². The summed E-state index contributed by atoms with van der Waals surface area (Å²) in [5, 5.41) is 0. The summed E-state index contributed by atoms with van der Waals surface area (Å²) in [5.74, 6) is 0.158. The molecular weight excluding hydrogens is 224 g/mol. The van der Waals surface area contributed by atoms with Crippen molar-refractivity contribution in [2.24, 2.45) is 0 Å². The Bertz CT molecular complexity index is 568. The van der Waals surface area contributed by atoms with Crippen LogP contribution < -0.4 is 0 Å². The third-order valence-electron chi connectivity index (χ3n) is 2.76. The topological polar surface area (TPSA) is 34.1 Å². The zero-order valence-electron chi connectivity index (χ0n) is 10.2. The van der Waals surface area contributed by atoms with Crippen molar-refractivity contribution in [1.82, 2.24) is 0 Å². The SMILES string of the molecule is CC(=O)Cc1ccc(-c2cccc(C=O)c2)cc1. The third-order valence-corrected chi connectivity index (χ3v) is 2.76. The molecule has 0 unspecified atom stereocenters. The number of aldehydes is 1. The average Bonchev–Trinajstić information content (AvgIpc) is 2.39. The van der Waals surface area contributed by atoms with Gasteiger partial charge in [0.2, 0.25) is 0 Å². The van der Waals surface area contributed by atoms with Crippen LogP contribution in [-0.4, -0.2) is 12.1 Å². The van der Waals surface area contributed by atoms with Crippen molar-refractivity contribution in [2.75, 3.05) is 0 Å². The van der Waals surface area contributed by atoms with Gasteiger partial charge >= 0.3 is 0 Å². The van der Waals surface area contributed by atoms with E-state index in [9.17, 15) is 9.59 Å². The van der Waals surface area contributed by atoms with E-state index < -0.39 is 0 Å². The van der Waals surface area contributed by atoms with Crippen LogP contribution in [0.15, 0.2) is 48.5 Å². The van der Waals surface area contributed by atoms with Gasteiger partial charge in [-0.15, -0.1) is 0 Å². The van der Waals surface area contributed by atoms with Crippen molar-refractivity contribution < 1.29 is 9.59 Å². The Morgan fingerprint density at radius 1 is 1.06 bits per heavy atom. The minimum atomic E-state index is 0.158. The molecule has 0 spiro atoms. The summed E-state index contributed by atoms with van der Waals surface area (Å²) in [4.78, 5) is 21.7. The second kappa shape index (κ2) is 5.41. The largest absolute Gasteiger partial charge is 0.300 e. The minimum Gasteiger partial charge on any atom is -0.300 e. The fourth-order valence-corrected chi connectivity index (χ4v) is 1.89. The number of carbonyl (C=O) groups is 2. The van der Waals surface area contributed by atoms with E-state index in [4.69, 9.17) is 0 Å². The summed E-state index contributed by atoms with van der Waals surface area (Å²) >= 11 is 0. The van der Waals surface area contributed by atoms with E-state index in [1.807, 2.05) is 42.5 Å². The molecule has 0 aromatic heterocycles. The molecule has 0 N–H and O–H groups in total. The highest BCUT2D eigenvalue weighted by Gasteiger charge is 2.01. The normalized spacial score (nSPS) is 10.1. The van der Waals surface area contributed by atoms with Gasteiger partial charge in [-0.3, -0.25) is 9.59 Å². The van der Waals surface area contributed by atoms with Crippen LogP contribution in [0.3, 0.4) is 0 Å². The molecule has 0 heterocycles. The minimum absolute atomic E-state index is 0.158.